The molecule has 2 aromatic rings. The lowest BCUT2D eigenvalue weighted by molar-refractivity contribution is 0.0687. The van der Waals surface area contributed by atoms with Gasteiger partial charge in [0, 0.05) is 24.2 Å². The van der Waals surface area contributed by atoms with Crippen LogP contribution in [0.1, 0.15) is 76.8 Å². The van der Waals surface area contributed by atoms with E-state index in [0.717, 1.165) is 25.7 Å². The molecule has 0 saturated carbocycles. The van der Waals surface area contributed by atoms with Crippen molar-refractivity contribution in [1.82, 2.24) is 14.5 Å². The summed E-state index contributed by atoms with van der Waals surface area (Å²) in [7, 11) is 0. The predicted octanol–water partition coefficient (Wildman–Crippen LogP) is 4.33. The van der Waals surface area contributed by atoms with Crippen LogP contribution in [0.2, 0.25) is 0 Å². The Hall–Kier alpha value is -2.21. The molecule has 2 heterocycles. The van der Waals surface area contributed by atoms with Gasteiger partial charge in [0.25, 0.3) is 5.56 Å². The summed E-state index contributed by atoms with van der Waals surface area (Å²) in [5.74, 6) is -0.635. The first kappa shape index (κ1) is 21.5. The maximum atomic E-state index is 13.0. The van der Waals surface area contributed by atoms with Crippen molar-refractivity contribution in [3.05, 3.63) is 40.3 Å². The van der Waals surface area contributed by atoms with E-state index in [1.54, 1.807) is 10.6 Å². The molecule has 1 saturated heterocycles. The lowest BCUT2D eigenvalue weighted by Gasteiger charge is -2.36. The van der Waals surface area contributed by atoms with Crippen molar-refractivity contribution < 1.29 is 9.90 Å². The largest absolute Gasteiger partial charge is 0.476 e. The van der Waals surface area contributed by atoms with Gasteiger partial charge in [-0.1, -0.05) is 26.0 Å². The molecular weight excluding hydrogens is 366 g/mol. The zero-order chi connectivity index (χ0) is 21.3. The second kappa shape index (κ2) is 8.66. The van der Waals surface area contributed by atoms with E-state index in [1.807, 2.05) is 25.1 Å². The number of carboxylic acids is 1. The van der Waals surface area contributed by atoms with Gasteiger partial charge in [-0.25, -0.2) is 9.78 Å². The molecule has 4 atom stereocenters. The van der Waals surface area contributed by atoms with Gasteiger partial charge >= 0.3 is 5.97 Å². The highest BCUT2D eigenvalue weighted by Crippen LogP contribution is 2.33. The van der Waals surface area contributed by atoms with Crippen LogP contribution in [0.5, 0.6) is 0 Å². The molecule has 6 heteroatoms. The third kappa shape index (κ3) is 4.37. The Morgan fingerprint density at radius 3 is 2.52 bits per heavy atom. The number of aromatic nitrogens is 2. The number of carbonyl (C=O) groups is 1. The highest BCUT2D eigenvalue weighted by molar-refractivity contribution is 5.88. The molecule has 0 bridgehead atoms. The highest BCUT2D eigenvalue weighted by atomic mass is 16.4. The minimum absolute atomic E-state index is 0.113. The molecule has 0 amide bonds. The molecule has 1 N–H and O–H groups in total. The summed E-state index contributed by atoms with van der Waals surface area (Å²) in [6, 6.07) is 8.59. The molecule has 1 aromatic heterocycles. The number of para-hydroxylation sites is 2. The van der Waals surface area contributed by atoms with Gasteiger partial charge in [0.15, 0.2) is 0 Å². The standard InChI is InChI=1S/C23H33N3O3/c1-14(2)12-16(4)25-15(3)10-11-18(25)13-17(5)26-20-9-7-6-8-19(20)24-21(22(26)27)23(28)29/h6-9,14-18H,10-13H2,1-5H3,(H,28,29)/t15?,16?,17-,18-/m0/s1. The first-order chi connectivity index (χ1) is 13.7. The molecule has 0 radical (unpaired) electrons. The lowest BCUT2D eigenvalue weighted by atomic mass is 10.00. The topological polar surface area (TPSA) is 75.4 Å². The molecule has 1 aromatic carbocycles. The van der Waals surface area contributed by atoms with Crippen LogP contribution in [0.4, 0.5) is 0 Å². The van der Waals surface area contributed by atoms with E-state index in [9.17, 15) is 14.7 Å². The zero-order valence-corrected chi connectivity index (χ0v) is 18.1. The number of rotatable bonds is 7. The van der Waals surface area contributed by atoms with Crippen LogP contribution in [-0.4, -0.2) is 43.7 Å². The quantitative estimate of drug-likeness (QED) is 0.750. The van der Waals surface area contributed by atoms with E-state index in [0.29, 0.717) is 35.1 Å². The highest BCUT2D eigenvalue weighted by Gasteiger charge is 2.35. The normalized spacial score (nSPS) is 22.3. The fourth-order valence-corrected chi connectivity index (χ4v) is 5.16. The van der Waals surface area contributed by atoms with Gasteiger partial charge in [0.1, 0.15) is 0 Å². The second-order valence-corrected chi connectivity index (χ2v) is 9.02. The van der Waals surface area contributed by atoms with E-state index in [2.05, 4.69) is 37.6 Å². The summed E-state index contributed by atoms with van der Waals surface area (Å²) in [5, 5.41) is 9.46. The number of hydrogen-bond acceptors (Lipinski definition) is 4. The van der Waals surface area contributed by atoms with Gasteiger partial charge in [-0.2, -0.15) is 0 Å². The number of nitrogens with zero attached hydrogens (tertiary/aromatic N) is 3. The monoisotopic (exact) mass is 399 g/mol. The molecule has 158 valence electrons. The Morgan fingerprint density at radius 2 is 1.86 bits per heavy atom. The summed E-state index contributed by atoms with van der Waals surface area (Å²) in [6.07, 6.45) is 4.24. The third-order valence-electron chi connectivity index (χ3n) is 6.22. The van der Waals surface area contributed by atoms with Crippen LogP contribution in [0, 0.1) is 5.92 Å². The Labute approximate surface area is 172 Å². The Morgan fingerprint density at radius 1 is 1.17 bits per heavy atom. The maximum absolute atomic E-state index is 13.0. The summed E-state index contributed by atoms with van der Waals surface area (Å²) >= 11 is 0. The number of benzene rings is 1. The lowest BCUT2D eigenvalue weighted by Crippen LogP contribution is -2.43. The Bertz CT molecular complexity index is 937. The van der Waals surface area contributed by atoms with Crippen molar-refractivity contribution in [2.75, 3.05) is 0 Å². The smallest absolute Gasteiger partial charge is 0.360 e. The Balaban J connectivity index is 1.95. The van der Waals surface area contributed by atoms with Gasteiger partial charge in [0.05, 0.1) is 11.0 Å². The van der Waals surface area contributed by atoms with Crippen LogP contribution in [0.15, 0.2) is 29.1 Å². The minimum atomic E-state index is -1.27. The summed E-state index contributed by atoms with van der Waals surface area (Å²) in [4.78, 5) is 31.3. The maximum Gasteiger partial charge on any atom is 0.360 e. The van der Waals surface area contributed by atoms with Crippen LogP contribution in [0.3, 0.4) is 0 Å². The molecule has 0 aliphatic carbocycles. The van der Waals surface area contributed by atoms with E-state index in [1.165, 1.54) is 0 Å². The van der Waals surface area contributed by atoms with E-state index >= 15 is 0 Å². The van der Waals surface area contributed by atoms with Gasteiger partial charge in [-0.15, -0.1) is 0 Å². The third-order valence-corrected chi connectivity index (χ3v) is 6.22. The molecule has 6 nitrogen and oxygen atoms in total. The molecule has 1 aliphatic rings. The fraction of sp³-hybridized carbons (Fsp3) is 0.609. The molecule has 0 spiro atoms. The zero-order valence-electron chi connectivity index (χ0n) is 18.1. The average Bonchev–Trinajstić information content (AvgIpc) is 3.00. The van der Waals surface area contributed by atoms with Crippen LogP contribution in [-0.2, 0) is 0 Å². The Kier molecular flexibility index (Phi) is 6.42. The number of aromatic carboxylic acids is 1. The van der Waals surface area contributed by atoms with E-state index in [4.69, 9.17) is 0 Å². The van der Waals surface area contributed by atoms with Crippen molar-refractivity contribution in [3.8, 4) is 0 Å². The summed E-state index contributed by atoms with van der Waals surface area (Å²) in [6.45, 7) is 11.1. The van der Waals surface area contributed by atoms with Crippen molar-refractivity contribution in [3.63, 3.8) is 0 Å². The number of hydrogen-bond donors (Lipinski definition) is 1. The van der Waals surface area contributed by atoms with Crippen LogP contribution in [0.25, 0.3) is 11.0 Å². The number of carboxylic acid groups (broad SMARTS) is 1. The van der Waals surface area contributed by atoms with E-state index < -0.39 is 17.2 Å². The average molecular weight is 400 g/mol. The van der Waals surface area contributed by atoms with Gasteiger partial charge in [0.2, 0.25) is 5.69 Å². The first-order valence-corrected chi connectivity index (χ1v) is 10.7. The first-order valence-electron chi connectivity index (χ1n) is 10.7. The SMILES string of the molecule is CC(C)CC(C)N1C(C)CC[C@H]1C[C@H](C)n1c(=O)c(C(=O)O)nc2ccccc21. The molecule has 1 aliphatic heterocycles. The van der Waals surface area contributed by atoms with Crippen molar-refractivity contribution >= 4 is 17.0 Å². The second-order valence-electron chi connectivity index (χ2n) is 9.02. The molecule has 1 fully saturated rings. The molecular formula is C23H33N3O3. The fourth-order valence-electron chi connectivity index (χ4n) is 5.16. The van der Waals surface area contributed by atoms with Crippen molar-refractivity contribution in [1.29, 1.82) is 0 Å². The minimum Gasteiger partial charge on any atom is -0.476 e. The molecule has 3 rings (SSSR count). The summed E-state index contributed by atoms with van der Waals surface area (Å²) in [5.41, 5.74) is 0.320. The van der Waals surface area contributed by atoms with Crippen LogP contribution < -0.4 is 5.56 Å². The number of likely N-dealkylation sites (tertiary alicyclic amines) is 1. The van der Waals surface area contributed by atoms with E-state index in [-0.39, 0.29) is 6.04 Å². The molecule has 2 unspecified atom stereocenters. The predicted molar refractivity (Wildman–Crippen MR) is 116 cm³/mol. The van der Waals surface area contributed by atoms with Crippen molar-refractivity contribution in [2.45, 2.75) is 84.5 Å². The van der Waals surface area contributed by atoms with Gasteiger partial charge < -0.3 is 9.67 Å². The van der Waals surface area contributed by atoms with Gasteiger partial charge in [-0.05, 0) is 64.5 Å². The molecule has 29 heavy (non-hydrogen) atoms. The van der Waals surface area contributed by atoms with Crippen molar-refractivity contribution in [2.24, 2.45) is 5.92 Å². The van der Waals surface area contributed by atoms with Gasteiger partial charge in [-0.3, -0.25) is 9.69 Å². The van der Waals surface area contributed by atoms with Crippen LogP contribution >= 0.6 is 0 Å². The number of fused-ring (bicyclic) bond motifs is 1. The summed E-state index contributed by atoms with van der Waals surface area (Å²) < 4.78 is 1.64.